The van der Waals surface area contributed by atoms with E-state index < -0.39 is 0 Å². The van der Waals surface area contributed by atoms with Crippen molar-refractivity contribution in [1.82, 2.24) is 9.38 Å². The van der Waals surface area contributed by atoms with Crippen LogP contribution in [0.3, 0.4) is 0 Å². The maximum atomic E-state index is 5.98. The van der Waals surface area contributed by atoms with Gasteiger partial charge in [-0.2, -0.15) is 0 Å². The Morgan fingerprint density at radius 1 is 1.15 bits per heavy atom. The summed E-state index contributed by atoms with van der Waals surface area (Å²) in [6.07, 6.45) is 0.763. The van der Waals surface area contributed by atoms with E-state index in [2.05, 4.69) is 17.4 Å². The molecular formula is C16H16ClN3. The Labute approximate surface area is 123 Å². The number of rotatable bonds is 3. The summed E-state index contributed by atoms with van der Waals surface area (Å²) in [5.74, 6) is 0. The first-order chi connectivity index (χ1) is 9.70. The molecule has 0 saturated heterocycles. The fraction of sp³-hybridized carbons (Fsp3) is 0.188. The molecule has 0 aliphatic rings. The van der Waals surface area contributed by atoms with Crippen molar-refractivity contribution in [2.24, 2.45) is 5.73 Å². The van der Waals surface area contributed by atoms with Gasteiger partial charge in [0.1, 0.15) is 5.65 Å². The summed E-state index contributed by atoms with van der Waals surface area (Å²) >= 11 is 5.98. The van der Waals surface area contributed by atoms with E-state index >= 15 is 0 Å². The predicted molar refractivity (Wildman–Crippen MR) is 83.1 cm³/mol. The number of hydrogen-bond acceptors (Lipinski definition) is 2. The third-order valence-electron chi connectivity index (χ3n) is 3.41. The Balaban J connectivity index is 2.30. The summed E-state index contributed by atoms with van der Waals surface area (Å²) in [5.41, 5.74) is 11.1. The Hall–Kier alpha value is -1.84. The number of aryl methyl sites for hydroxylation is 1. The maximum Gasteiger partial charge on any atom is 0.137 e. The van der Waals surface area contributed by atoms with E-state index in [1.54, 1.807) is 0 Å². The van der Waals surface area contributed by atoms with Crippen molar-refractivity contribution in [3.63, 3.8) is 0 Å². The topological polar surface area (TPSA) is 43.3 Å². The largest absolute Gasteiger partial charge is 0.330 e. The molecule has 0 aliphatic heterocycles. The highest BCUT2D eigenvalue weighted by atomic mass is 35.5. The summed E-state index contributed by atoms with van der Waals surface area (Å²) in [5, 5.41) is 0.736. The number of halogens is 1. The molecule has 0 radical (unpaired) electrons. The molecule has 0 amide bonds. The lowest BCUT2D eigenvalue weighted by atomic mass is 10.1. The molecule has 2 heterocycles. The highest BCUT2D eigenvalue weighted by Gasteiger charge is 2.14. The summed E-state index contributed by atoms with van der Waals surface area (Å²) in [4.78, 5) is 4.71. The molecule has 102 valence electrons. The van der Waals surface area contributed by atoms with Gasteiger partial charge in [-0.15, -0.1) is 0 Å². The molecular weight excluding hydrogens is 270 g/mol. The van der Waals surface area contributed by atoms with Crippen LogP contribution in [0.2, 0.25) is 5.02 Å². The first kappa shape index (κ1) is 13.2. The molecule has 0 saturated carbocycles. The fourth-order valence-electron chi connectivity index (χ4n) is 2.52. The minimum absolute atomic E-state index is 0.587. The second kappa shape index (κ2) is 5.27. The van der Waals surface area contributed by atoms with Gasteiger partial charge in [0.05, 0.1) is 11.4 Å². The van der Waals surface area contributed by atoms with E-state index in [-0.39, 0.29) is 0 Å². The average molecular weight is 286 g/mol. The SMILES string of the molecule is Cc1cccc2nc(CCN)c(-c3ccc(Cl)cc3)n12. The summed E-state index contributed by atoms with van der Waals surface area (Å²) in [6.45, 7) is 2.67. The molecule has 20 heavy (non-hydrogen) atoms. The summed E-state index contributed by atoms with van der Waals surface area (Å²) in [7, 11) is 0. The summed E-state index contributed by atoms with van der Waals surface area (Å²) < 4.78 is 2.17. The van der Waals surface area contributed by atoms with Crippen molar-refractivity contribution in [3.8, 4) is 11.3 Å². The van der Waals surface area contributed by atoms with Crippen LogP contribution in [0.5, 0.6) is 0 Å². The van der Waals surface area contributed by atoms with Crippen molar-refractivity contribution in [3.05, 3.63) is 58.9 Å². The smallest absolute Gasteiger partial charge is 0.137 e. The van der Waals surface area contributed by atoms with Crippen LogP contribution in [0.1, 0.15) is 11.4 Å². The fourth-order valence-corrected chi connectivity index (χ4v) is 2.64. The van der Waals surface area contributed by atoms with Crippen molar-refractivity contribution in [2.75, 3.05) is 6.54 Å². The van der Waals surface area contributed by atoms with Crippen molar-refractivity contribution >= 4 is 17.2 Å². The van der Waals surface area contributed by atoms with Gasteiger partial charge in [-0.1, -0.05) is 29.8 Å². The molecule has 4 heteroatoms. The zero-order valence-electron chi connectivity index (χ0n) is 11.3. The van der Waals surface area contributed by atoms with Crippen LogP contribution in [0, 0.1) is 6.92 Å². The van der Waals surface area contributed by atoms with Crippen LogP contribution in [-0.4, -0.2) is 15.9 Å². The third kappa shape index (κ3) is 2.19. The second-order valence-electron chi connectivity index (χ2n) is 4.81. The van der Waals surface area contributed by atoms with E-state index in [9.17, 15) is 0 Å². The number of pyridine rings is 1. The Bertz CT molecular complexity index is 744. The monoisotopic (exact) mass is 285 g/mol. The zero-order chi connectivity index (χ0) is 14.1. The molecule has 3 aromatic rings. The van der Waals surface area contributed by atoms with E-state index in [4.69, 9.17) is 22.3 Å². The lowest BCUT2D eigenvalue weighted by Crippen LogP contribution is -2.04. The Morgan fingerprint density at radius 3 is 2.60 bits per heavy atom. The van der Waals surface area contributed by atoms with Crippen LogP contribution < -0.4 is 5.73 Å². The first-order valence-corrected chi connectivity index (χ1v) is 7.01. The van der Waals surface area contributed by atoms with Crippen LogP contribution in [0.25, 0.3) is 16.9 Å². The number of aromatic nitrogens is 2. The standard InChI is InChI=1S/C16H16ClN3/c1-11-3-2-4-15-19-14(9-10-18)16(20(11)15)12-5-7-13(17)8-6-12/h2-8H,9-10,18H2,1H3. The average Bonchev–Trinajstić information content (AvgIpc) is 2.80. The number of nitrogens with two attached hydrogens (primary N) is 1. The predicted octanol–water partition coefficient (Wildman–Crippen LogP) is 3.46. The molecule has 0 spiro atoms. The normalized spacial score (nSPS) is 11.2. The molecule has 2 N–H and O–H groups in total. The Kier molecular flexibility index (Phi) is 3.47. The number of fused-ring (bicyclic) bond motifs is 1. The van der Waals surface area contributed by atoms with Crippen LogP contribution in [0.15, 0.2) is 42.5 Å². The minimum Gasteiger partial charge on any atom is -0.330 e. The van der Waals surface area contributed by atoms with Gasteiger partial charge in [0.15, 0.2) is 0 Å². The first-order valence-electron chi connectivity index (χ1n) is 6.63. The lowest BCUT2D eigenvalue weighted by Gasteiger charge is -2.07. The molecule has 0 unspecified atom stereocenters. The van der Waals surface area contributed by atoms with Crippen molar-refractivity contribution in [1.29, 1.82) is 0 Å². The van der Waals surface area contributed by atoms with Crippen LogP contribution >= 0.6 is 11.6 Å². The number of nitrogens with zero attached hydrogens (tertiary/aromatic N) is 2. The number of hydrogen-bond donors (Lipinski definition) is 1. The van der Waals surface area contributed by atoms with E-state index in [1.807, 2.05) is 36.4 Å². The molecule has 2 aromatic heterocycles. The summed E-state index contributed by atoms with van der Waals surface area (Å²) in [6, 6.07) is 14.0. The van der Waals surface area contributed by atoms with Gasteiger partial charge in [0, 0.05) is 22.7 Å². The highest BCUT2D eigenvalue weighted by molar-refractivity contribution is 6.30. The van der Waals surface area contributed by atoms with Gasteiger partial charge in [0.2, 0.25) is 0 Å². The van der Waals surface area contributed by atoms with E-state index in [0.29, 0.717) is 6.54 Å². The molecule has 3 rings (SSSR count). The third-order valence-corrected chi connectivity index (χ3v) is 3.66. The maximum absolute atomic E-state index is 5.98. The zero-order valence-corrected chi connectivity index (χ0v) is 12.1. The lowest BCUT2D eigenvalue weighted by molar-refractivity contribution is 0.938. The number of imidazole rings is 1. The van der Waals surface area contributed by atoms with Crippen molar-refractivity contribution < 1.29 is 0 Å². The molecule has 3 nitrogen and oxygen atoms in total. The molecule has 0 bridgehead atoms. The molecule has 0 atom stereocenters. The van der Waals surface area contributed by atoms with E-state index in [0.717, 1.165) is 39.7 Å². The second-order valence-corrected chi connectivity index (χ2v) is 5.25. The highest BCUT2D eigenvalue weighted by Crippen LogP contribution is 2.28. The molecule has 1 aromatic carbocycles. The van der Waals surface area contributed by atoms with Gasteiger partial charge < -0.3 is 5.73 Å². The minimum atomic E-state index is 0.587. The van der Waals surface area contributed by atoms with Gasteiger partial charge >= 0.3 is 0 Å². The van der Waals surface area contributed by atoms with Crippen LogP contribution in [-0.2, 0) is 6.42 Å². The van der Waals surface area contributed by atoms with Gasteiger partial charge in [-0.25, -0.2) is 4.98 Å². The van der Waals surface area contributed by atoms with E-state index in [1.165, 1.54) is 0 Å². The Morgan fingerprint density at radius 2 is 1.90 bits per heavy atom. The van der Waals surface area contributed by atoms with Gasteiger partial charge in [-0.3, -0.25) is 4.40 Å². The van der Waals surface area contributed by atoms with Crippen molar-refractivity contribution in [2.45, 2.75) is 13.3 Å². The van der Waals surface area contributed by atoms with Gasteiger partial charge in [-0.05, 0) is 37.7 Å². The van der Waals surface area contributed by atoms with Crippen LogP contribution in [0.4, 0.5) is 0 Å². The number of benzene rings is 1. The molecule has 0 fully saturated rings. The van der Waals surface area contributed by atoms with Gasteiger partial charge in [0.25, 0.3) is 0 Å². The molecule has 0 aliphatic carbocycles. The quantitative estimate of drug-likeness (QED) is 0.801.